The molecule has 0 aliphatic heterocycles. The van der Waals surface area contributed by atoms with Crippen LogP contribution in [0.4, 0.5) is 0 Å². The predicted molar refractivity (Wildman–Crippen MR) is 122 cm³/mol. The van der Waals surface area contributed by atoms with Gasteiger partial charge >= 0.3 is 5.69 Å². The number of imidazole rings is 1. The van der Waals surface area contributed by atoms with Crippen molar-refractivity contribution in [2.75, 3.05) is 6.61 Å². The number of rotatable bonds is 6. The van der Waals surface area contributed by atoms with Crippen LogP contribution in [-0.2, 0) is 32.0 Å². The molecule has 0 saturated heterocycles. The van der Waals surface area contributed by atoms with Crippen molar-refractivity contribution in [1.29, 1.82) is 0 Å². The normalized spacial score (nSPS) is 12.0. The number of carbonyl (C=O) groups is 1. The van der Waals surface area contributed by atoms with E-state index >= 15 is 0 Å². The van der Waals surface area contributed by atoms with Crippen molar-refractivity contribution < 1.29 is 9.53 Å². The van der Waals surface area contributed by atoms with Gasteiger partial charge < -0.3 is 13.9 Å². The summed E-state index contributed by atoms with van der Waals surface area (Å²) in [6, 6.07) is 5.72. The molecule has 4 aromatic rings. The minimum atomic E-state index is -0.513. The van der Waals surface area contributed by atoms with E-state index in [4.69, 9.17) is 4.74 Å². The maximum atomic E-state index is 12.8. The number of thiazole rings is 1. The third kappa shape index (κ3) is 3.60. The van der Waals surface area contributed by atoms with Gasteiger partial charge in [0.05, 0.1) is 23.2 Å². The molecule has 166 valence electrons. The second-order valence-corrected chi connectivity index (χ2v) is 8.11. The quantitative estimate of drug-likeness (QED) is 0.407. The molecule has 3 aromatic heterocycles. The van der Waals surface area contributed by atoms with Gasteiger partial charge in [-0.3, -0.25) is 18.7 Å². The first-order chi connectivity index (χ1) is 15.3. The molecule has 0 unspecified atom stereocenters. The van der Waals surface area contributed by atoms with Crippen LogP contribution in [0.5, 0.6) is 5.75 Å². The van der Waals surface area contributed by atoms with Gasteiger partial charge in [-0.2, -0.15) is 4.99 Å². The number of amides is 1. The smallest absolute Gasteiger partial charge is 0.332 e. The Hall–Kier alpha value is -3.73. The summed E-state index contributed by atoms with van der Waals surface area (Å²) in [6.45, 7) is 6.57. The maximum absolute atomic E-state index is 12.8. The number of allylic oxidation sites excluding steroid dienone is 1. The van der Waals surface area contributed by atoms with Gasteiger partial charge in [-0.05, 0) is 25.1 Å². The first-order valence-corrected chi connectivity index (χ1v) is 10.7. The zero-order valence-corrected chi connectivity index (χ0v) is 18.8. The van der Waals surface area contributed by atoms with E-state index in [1.54, 1.807) is 6.08 Å². The highest BCUT2D eigenvalue weighted by molar-refractivity contribution is 7.16. The lowest BCUT2D eigenvalue weighted by Gasteiger charge is -2.05. The van der Waals surface area contributed by atoms with Crippen LogP contribution in [0.3, 0.4) is 0 Å². The zero-order valence-electron chi connectivity index (χ0n) is 17.9. The van der Waals surface area contributed by atoms with E-state index in [-0.39, 0.29) is 17.7 Å². The van der Waals surface area contributed by atoms with Crippen LogP contribution in [0.15, 0.2) is 51.8 Å². The van der Waals surface area contributed by atoms with Crippen LogP contribution in [0.25, 0.3) is 21.4 Å². The Balaban J connectivity index is 1.77. The van der Waals surface area contributed by atoms with Crippen molar-refractivity contribution in [2.45, 2.75) is 20.0 Å². The third-order valence-electron chi connectivity index (χ3n) is 5.02. The van der Waals surface area contributed by atoms with Crippen LogP contribution in [0.1, 0.15) is 6.92 Å². The highest BCUT2D eigenvalue weighted by atomic mass is 32.1. The summed E-state index contributed by atoms with van der Waals surface area (Å²) in [5.41, 5.74) is 0.320. The van der Waals surface area contributed by atoms with Crippen molar-refractivity contribution in [2.24, 2.45) is 19.1 Å². The molecule has 11 heteroatoms. The number of hydrogen-bond donors (Lipinski definition) is 0. The molecular formula is C21H22N6O4S. The monoisotopic (exact) mass is 454 g/mol. The fourth-order valence-corrected chi connectivity index (χ4v) is 4.59. The second kappa shape index (κ2) is 8.42. The van der Waals surface area contributed by atoms with Crippen LogP contribution >= 0.6 is 11.3 Å². The maximum Gasteiger partial charge on any atom is 0.332 e. The number of nitrogens with zero attached hydrogens (tertiary/aromatic N) is 6. The van der Waals surface area contributed by atoms with Crippen LogP contribution < -0.4 is 20.8 Å². The van der Waals surface area contributed by atoms with E-state index in [1.807, 2.05) is 29.7 Å². The average molecular weight is 455 g/mol. The number of aromatic nitrogens is 5. The number of ether oxygens (including phenoxy) is 1. The Morgan fingerprint density at radius 2 is 2.06 bits per heavy atom. The Morgan fingerprint density at radius 1 is 1.28 bits per heavy atom. The summed E-state index contributed by atoms with van der Waals surface area (Å²) in [4.78, 5) is 46.5. The molecule has 10 nitrogen and oxygen atoms in total. The van der Waals surface area contributed by atoms with Gasteiger partial charge in [0.2, 0.25) is 0 Å². The van der Waals surface area contributed by atoms with Crippen molar-refractivity contribution in [3.63, 3.8) is 0 Å². The molecule has 0 saturated carbocycles. The predicted octanol–water partition coefficient (Wildman–Crippen LogP) is 1.16. The summed E-state index contributed by atoms with van der Waals surface area (Å²) in [5.74, 6) is 0.297. The van der Waals surface area contributed by atoms with E-state index in [9.17, 15) is 14.4 Å². The number of fused-ring (bicyclic) bond motifs is 2. The molecule has 4 rings (SSSR count). The van der Waals surface area contributed by atoms with Crippen LogP contribution in [0, 0.1) is 0 Å². The molecule has 0 fully saturated rings. The van der Waals surface area contributed by atoms with Crippen molar-refractivity contribution in [1.82, 2.24) is 23.3 Å². The lowest BCUT2D eigenvalue weighted by Crippen LogP contribution is -2.37. The third-order valence-corrected chi connectivity index (χ3v) is 6.06. The molecule has 1 amide bonds. The molecule has 0 N–H and O–H groups in total. The molecule has 0 bridgehead atoms. The number of hydrogen-bond acceptors (Lipinski definition) is 6. The van der Waals surface area contributed by atoms with Gasteiger partial charge in [-0.15, -0.1) is 6.58 Å². The highest BCUT2D eigenvalue weighted by Gasteiger charge is 2.16. The zero-order chi connectivity index (χ0) is 23.0. The summed E-state index contributed by atoms with van der Waals surface area (Å²) in [7, 11) is 2.92. The number of benzene rings is 1. The van der Waals surface area contributed by atoms with Crippen LogP contribution in [-0.4, -0.2) is 35.8 Å². The van der Waals surface area contributed by atoms with E-state index in [1.165, 1.54) is 40.9 Å². The molecule has 3 heterocycles. The molecule has 0 atom stereocenters. The topological polar surface area (TPSA) is 105 Å². The standard InChI is InChI=1S/C21H22N6O4S/c1-5-9-27-14-8-7-13(31-6-2)10-15(14)32-20(27)23-16(28)11-26-12-22-18-17(26)19(29)25(4)21(30)24(18)3/h5,7-8,10,12H,1,6,9,11H2,2-4H3. The lowest BCUT2D eigenvalue weighted by molar-refractivity contribution is -0.118. The van der Waals surface area contributed by atoms with Crippen molar-refractivity contribution in [3.8, 4) is 5.75 Å². The first kappa shape index (κ1) is 21.5. The fraction of sp³-hybridized carbons (Fsp3) is 0.286. The van der Waals surface area contributed by atoms with E-state index < -0.39 is 17.2 Å². The summed E-state index contributed by atoms with van der Waals surface area (Å²) >= 11 is 1.37. The Kier molecular flexibility index (Phi) is 5.66. The van der Waals surface area contributed by atoms with Crippen molar-refractivity contribution >= 4 is 38.6 Å². The Bertz CT molecular complexity index is 1550. The Morgan fingerprint density at radius 3 is 2.78 bits per heavy atom. The number of aryl methyl sites for hydroxylation is 1. The summed E-state index contributed by atoms with van der Waals surface area (Å²) < 4.78 is 12.1. The molecule has 0 radical (unpaired) electrons. The van der Waals surface area contributed by atoms with Gasteiger partial charge in [0.15, 0.2) is 16.0 Å². The highest BCUT2D eigenvalue weighted by Crippen LogP contribution is 2.23. The molecular weight excluding hydrogens is 432 g/mol. The van der Waals surface area contributed by atoms with Gasteiger partial charge in [-0.1, -0.05) is 17.4 Å². The van der Waals surface area contributed by atoms with Crippen LogP contribution in [0.2, 0.25) is 0 Å². The van der Waals surface area contributed by atoms with E-state index in [0.29, 0.717) is 18.0 Å². The van der Waals surface area contributed by atoms with E-state index in [0.717, 1.165) is 20.5 Å². The minimum Gasteiger partial charge on any atom is -0.494 e. The average Bonchev–Trinajstić information content (AvgIpc) is 3.32. The summed E-state index contributed by atoms with van der Waals surface area (Å²) in [5, 5.41) is 0. The molecule has 32 heavy (non-hydrogen) atoms. The van der Waals surface area contributed by atoms with Gasteiger partial charge in [0.1, 0.15) is 12.3 Å². The Labute approximate surface area is 186 Å². The SMILES string of the molecule is C=CCn1c(=NC(=O)Cn2cnc3c2c(=O)n(C)c(=O)n3C)sc2cc(OCC)ccc21. The lowest BCUT2D eigenvalue weighted by atomic mass is 10.3. The molecule has 0 spiro atoms. The summed E-state index contributed by atoms with van der Waals surface area (Å²) in [6.07, 6.45) is 3.11. The molecule has 0 aliphatic rings. The first-order valence-electron chi connectivity index (χ1n) is 9.91. The van der Waals surface area contributed by atoms with Gasteiger partial charge in [0.25, 0.3) is 11.5 Å². The second-order valence-electron chi connectivity index (χ2n) is 7.10. The minimum absolute atomic E-state index is 0.176. The van der Waals surface area contributed by atoms with E-state index in [2.05, 4.69) is 16.6 Å². The van der Waals surface area contributed by atoms with Gasteiger partial charge in [-0.25, -0.2) is 9.78 Å². The van der Waals surface area contributed by atoms with Crippen molar-refractivity contribution in [3.05, 3.63) is 62.8 Å². The molecule has 0 aliphatic carbocycles. The number of carbonyl (C=O) groups excluding carboxylic acids is 1. The fourth-order valence-electron chi connectivity index (χ4n) is 3.51. The largest absolute Gasteiger partial charge is 0.494 e. The molecule has 1 aromatic carbocycles. The van der Waals surface area contributed by atoms with Gasteiger partial charge in [0, 0.05) is 20.6 Å².